The number of esters is 1. The molecule has 0 radical (unpaired) electrons. The number of allylic oxidation sites excluding steroid dienone is 1. The minimum absolute atomic E-state index is 0.0841. The first-order valence-electron chi connectivity index (χ1n) is 10.8. The topological polar surface area (TPSA) is 81.7 Å². The molecule has 0 aliphatic heterocycles. The standard InChI is InChI=1S/C23H37NO5/c1-8-14(2)18(24-29-21(27)22(4,5)6)20(26)28-17-13-23(7)12-10-9-11-16(23)15(3)19(17)25/h14,17-18,24H,8-13H2,1-7H3/t14?,17-,18?,23-/m0/s1. The first kappa shape index (κ1) is 23.6. The predicted molar refractivity (Wildman–Crippen MR) is 111 cm³/mol. The second kappa shape index (κ2) is 8.99. The van der Waals surface area contributed by atoms with Crippen LogP contribution in [0.3, 0.4) is 0 Å². The number of nitrogens with one attached hydrogen (secondary N) is 1. The molecule has 0 aromatic rings. The number of hydrogen-bond acceptors (Lipinski definition) is 6. The van der Waals surface area contributed by atoms with Gasteiger partial charge in [-0.3, -0.25) is 9.59 Å². The lowest BCUT2D eigenvalue weighted by Gasteiger charge is -2.43. The number of fused-ring (bicyclic) bond motifs is 1. The summed E-state index contributed by atoms with van der Waals surface area (Å²) in [6.07, 6.45) is 4.65. The molecular formula is C23H37NO5. The summed E-state index contributed by atoms with van der Waals surface area (Å²) in [5.41, 5.74) is 3.82. The molecule has 6 nitrogen and oxygen atoms in total. The first-order valence-corrected chi connectivity index (χ1v) is 10.8. The maximum absolute atomic E-state index is 12.9. The second-order valence-electron chi connectivity index (χ2n) is 9.99. The Kier molecular flexibility index (Phi) is 7.31. The number of ketones is 1. The monoisotopic (exact) mass is 407 g/mol. The maximum atomic E-state index is 12.9. The third-order valence-corrected chi connectivity index (χ3v) is 6.50. The van der Waals surface area contributed by atoms with Gasteiger partial charge in [-0.15, -0.1) is 5.48 Å². The Morgan fingerprint density at radius 2 is 1.93 bits per heavy atom. The summed E-state index contributed by atoms with van der Waals surface area (Å²) in [5.74, 6) is -1.21. The van der Waals surface area contributed by atoms with Crippen molar-refractivity contribution in [2.24, 2.45) is 16.7 Å². The molecular weight excluding hydrogens is 370 g/mol. The van der Waals surface area contributed by atoms with E-state index in [0.717, 1.165) is 31.3 Å². The van der Waals surface area contributed by atoms with E-state index in [1.165, 1.54) is 5.57 Å². The van der Waals surface area contributed by atoms with Gasteiger partial charge in [0, 0.05) is 6.42 Å². The third-order valence-electron chi connectivity index (χ3n) is 6.50. The van der Waals surface area contributed by atoms with Crippen LogP contribution in [-0.2, 0) is 24.0 Å². The molecule has 6 heteroatoms. The van der Waals surface area contributed by atoms with Crippen molar-refractivity contribution in [2.75, 3.05) is 0 Å². The molecule has 0 aromatic heterocycles. The number of ether oxygens (including phenoxy) is 1. The summed E-state index contributed by atoms with van der Waals surface area (Å²) >= 11 is 0. The Balaban J connectivity index is 2.13. The summed E-state index contributed by atoms with van der Waals surface area (Å²) in [7, 11) is 0. The number of rotatable bonds is 6. The molecule has 0 saturated heterocycles. The second-order valence-corrected chi connectivity index (χ2v) is 9.99. The Bertz CT molecular complexity index is 690. The summed E-state index contributed by atoms with van der Waals surface area (Å²) < 4.78 is 5.71. The fourth-order valence-corrected chi connectivity index (χ4v) is 4.24. The van der Waals surface area contributed by atoms with Crippen molar-refractivity contribution in [3.05, 3.63) is 11.1 Å². The van der Waals surface area contributed by atoms with Gasteiger partial charge in [0.1, 0.15) is 6.04 Å². The van der Waals surface area contributed by atoms with Gasteiger partial charge in [-0.2, -0.15) is 0 Å². The van der Waals surface area contributed by atoms with E-state index in [1.807, 2.05) is 20.8 Å². The molecule has 0 bridgehead atoms. The van der Waals surface area contributed by atoms with Crippen LogP contribution in [0.1, 0.15) is 87.0 Å². The van der Waals surface area contributed by atoms with Crippen molar-refractivity contribution in [1.82, 2.24) is 5.48 Å². The van der Waals surface area contributed by atoms with Crippen molar-refractivity contribution >= 4 is 17.7 Å². The van der Waals surface area contributed by atoms with Crippen molar-refractivity contribution in [2.45, 2.75) is 99.1 Å². The molecule has 0 aromatic carbocycles. The highest BCUT2D eigenvalue weighted by molar-refractivity contribution is 6.01. The Morgan fingerprint density at radius 1 is 1.28 bits per heavy atom. The van der Waals surface area contributed by atoms with Crippen molar-refractivity contribution in [1.29, 1.82) is 0 Å². The molecule has 164 valence electrons. The number of hydrogen-bond donors (Lipinski definition) is 1. The van der Waals surface area contributed by atoms with Gasteiger partial charge in [-0.05, 0) is 63.9 Å². The molecule has 0 spiro atoms. The molecule has 1 saturated carbocycles. The van der Waals surface area contributed by atoms with Crippen LogP contribution in [0, 0.1) is 16.7 Å². The minimum Gasteiger partial charge on any atom is -0.453 e. The fraction of sp³-hybridized carbons (Fsp3) is 0.783. The molecule has 2 aliphatic carbocycles. The number of Topliss-reactive ketones (excluding diaryl/α,β-unsaturated/α-hetero) is 1. The SMILES string of the molecule is CCC(C)C(NOC(=O)C(C)(C)C)C(=O)O[C@H]1C[C@]2(C)CCCCC2=C(C)C1=O. The van der Waals surface area contributed by atoms with Crippen LogP contribution in [0.4, 0.5) is 0 Å². The van der Waals surface area contributed by atoms with E-state index in [9.17, 15) is 14.4 Å². The quantitative estimate of drug-likeness (QED) is 0.523. The van der Waals surface area contributed by atoms with Crippen LogP contribution < -0.4 is 5.48 Å². The van der Waals surface area contributed by atoms with Gasteiger partial charge >= 0.3 is 11.9 Å². The van der Waals surface area contributed by atoms with Crippen LogP contribution in [0.15, 0.2) is 11.1 Å². The van der Waals surface area contributed by atoms with Gasteiger partial charge in [-0.1, -0.05) is 39.2 Å². The highest BCUT2D eigenvalue weighted by Crippen LogP contribution is 2.49. The molecule has 1 N–H and O–H groups in total. The zero-order valence-electron chi connectivity index (χ0n) is 19.0. The Labute approximate surface area is 174 Å². The molecule has 4 atom stereocenters. The van der Waals surface area contributed by atoms with Crippen molar-refractivity contribution in [3.8, 4) is 0 Å². The lowest BCUT2D eigenvalue weighted by molar-refractivity contribution is -0.173. The largest absolute Gasteiger partial charge is 0.453 e. The van der Waals surface area contributed by atoms with E-state index in [1.54, 1.807) is 20.8 Å². The van der Waals surface area contributed by atoms with Gasteiger partial charge in [0.05, 0.1) is 5.41 Å². The van der Waals surface area contributed by atoms with E-state index in [4.69, 9.17) is 9.57 Å². The highest BCUT2D eigenvalue weighted by atomic mass is 16.7. The smallest absolute Gasteiger partial charge is 0.330 e. The first-order chi connectivity index (χ1) is 13.4. The zero-order valence-corrected chi connectivity index (χ0v) is 19.0. The molecule has 29 heavy (non-hydrogen) atoms. The third kappa shape index (κ3) is 5.27. The molecule has 2 aliphatic rings. The van der Waals surface area contributed by atoms with Gasteiger partial charge in [0.15, 0.2) is 11.9 Å². The van der Waals surface area contributed by atoms with E-state index < -0.39 is 29.5 Å². The van der Waals surface area contributed by atoms with Crippen LogP contribution in [0.25, 0.3) is 0 Å². The number of carbonyl (C=O) groups is 3. The number of carbonyl (C=O) groups excluding carboxylic acids is 3. The zero-order chi connectivity index (χ0) is 22.0. The van der Waals surface area contributed by atoms with Gasteiger partial charge in [-0.25, -0.2) is 4.79 Å². The van der Waals surface area contributed by atoms with E-state index in [0.29, 0.717) is 12.8 Å². The Hall–Kier alpha value is -1.69. The fourth-order valence-electron chi connectivity index (χ4n) is 4.24. The highest BCUT2D eigenvalue weighted by Gasteiger charge is 2.45. The van der Waals surface area contributed by atoms with E-state index in [2.05, 4.69) is 12.4 Å². The van der Waals surface area contributed by atoms with Gasteiger partial charge < -0.3 is 9.57 Å². The summed E-state index contributed by atoms with van der Waals surface area (Å²) in [6, 6.07) is -0.816. The normalized spacial score (nSPS) is 27.1. The maximum Gasteiger partial charge on any atom is 0.330 e. The van der Waals surface area contributed by atoms with E-state index >= 15 is 0 Å². The average Bonchev–Trinajstić information content (AvgIpc) is 2.64. The molecule has 0 amide bonds. The van der Waals surface area contributed by atoms with Crippen LogP contribution in [-0.4, -0.2) is 29.9 Å². The molecule has 0 heterocycles. The minimum atomic E-state index is -0.816. The summed E-state index contributed by atoms with van der Waals surface area (Å²) in [5, 5.41) is 0. The number of hydroxylamine groups is 1. The molecule has 1 fully saturated rings. The van der Waals surface area contributed by atoms with Crippen LogP contribution >= 0.6 is 0 Å². The Morgan fingerprint density at radius 3 is 2.52 bits per heavy atom. The summed E-state index contributed by atoms with van der Waals surface area (Å²) in [6.45, 7) is 13.1. The van der Waals surface area contributed by atoms with Crippen LogP contribution in [0.5, 0.6) is 0 Å². The van der Waals surface area contributed by atoms with Crippen molar-refractivity contribution in [3.63, 3.8) is 0 Å². The van der Waals surface area contributed by atoms with Gasteiger partial charge in [0.2, 0.25) is 0 Å². The van der Waals surface area contributed by atoms with Crippen LogP contribution in [0.2, 0.25) is 0 Å². The average molecular weight is 408 g/mol. The van der Waals surface area contributed by atoms with Gasteiger partial charge in [0.25, 0.3) is 0 Å². The van der Waals surface area contributed by atoms with E-state index in [-0.39, 0.29) is 17.1 Å². The predicted octanol–water partition coefficient (Wildman–Crippen LogP) is 4.28. The lowest BCUT2D eigenvalue weighted by Crippen LogP contribution is -2.49. The molecule has 2 rings (SSSR count). The lowest BCUT2D eigenvalue weighted by atomic mass is 9.63. The van der Waals surface area contributed by atoms with Crippen molar-refractivity contribution < 1.29 is 24.0 Å². The summed E-state index contributed by atoms with van der Waals surface area (Å²) in [4.78, 5) is 43.1. The molecule has 2 unspecified atom stereocenters.